The van der Waals surface area contributed by atoms with E-state index in [0.717, 1.165) is 24.8 Å². The van der Waals surface area contributed by atoms with E-state index in [1.165, 1.54) is 0 Å². The van der Waals surface area contributed by atoms with Crippen molar-refractivity contribution in [3.8, 4) is 0 Å². The number of ether oxygens (including phenoxy) is 1. The van der Waals surface area contributed by atoms with Gasteiger partial charge in [0.1, 0.15) is 17.5 Å². The van der Waals surface area contributed by atoms with Crippen LogP contribution in [-0.4, -0.2) is 38.8 Å². The molecule has 1 aliphatic rings. The van der Waals surface area contributed by atoms with Crippen molar-refractivity contribution in [2.45, 2.75) is 18.9 Å². The normalized spacial score (nSPS) is 16.7. The largest absolute Gasteiger partial charge is 0.376 e. The Morgan fingerprint density at radius 3 is 3.04 bits per heavy atom. The second kappa shape index (κ2) is 7.09. The van der Waals surface area contributed by atoms with Crippen molar-refractivity contribution in [1.29, 1.82) is 0 Å². The molecule has 1 saturated heterocycles. The van der Waals surface area contributed by atoms with Gasteiger partial charge >= 0.3 is 0 Å². The highest BCUT2D eigenvalue weighted by atomic mass is 16.5. The number of nitrogens with one attached hydrogen (secondary N) is 2. The molecular formula is C18H20N6O2. The first kappa shape index (κ1) is 16.5. The van der Waals surface area contributed by atoms with Gasteiger partial charge in [-0.25, -0.2) is 9.97 Å². The van der Waals surface area contributed by atoms with E-state index in [1.54, 1.807) is 36.4 Å². The van der Waals surface area contributed by atoms with Gasteiger partial charge in [-0.1, -0.05) is 0 Å². The van der Waals surface area contributed by atoms with Crippen LogP contribution in [0.15, 0.2) is 41.7 Å². The lowest BCUT2D eigenvalue weighted by molar-refractivity contribution is 0.120. The average molecular weight is 352 g/mol. The molecule has 8 nitrogen and oxygen atoms in total. The van der Waals surface area contributed by atoms with Crippen LogP contribution in [0.4, 0.5) is 17.5 Å². The zero-order valence-corrected chi connectivity index (χ0v) is 14.5. The van der Waals surface area contributed by atoms with Crippen LogP contribution in [-0.2, 0) is 11.8 Å². The highest BCUT2D eigenvalue weighted by molar-refractivity contribution is 5.93. The second-order valence-electron chi connectivity index (χ2n) is 6.28. The van der Waals surface area contributed by atoms with Gasteiger partial charge < -0.3 is 19.9 Å². The van der Waals surface area contributed by atoms with E-state index in [9.17, 15) is 4.79 Å². The van der Waals surface area contributed by atoms with Gasteiger partial charge in [0.25, 0.3) is 5.56 Å². The lowest BCUT2D eigenvalue weighted by Crippen LogP contribution is -2.22. The molecule has 0 aromatic carbocycles. The standard InChI is InChI=1S/C18H20N6O2/c1-24-7-4-12-9-14(22-15-11-19-5-6-20-15)23-17(16(12)18(24)25)21-10-13-3-2-8-26-13/h4-7,9,11,13H,2-3,8,10H2,1H3,(H2,20,21,22,23). The molecule has 1 unspecified atom stereocenters. The van der Waals surface area contributed by atoms with E-state index in [2.05, 4.69) is 25.6 Å². The Kier molecular flexibility index (Phi) is 4.49. The highest BCUT2D eigenvalue weighted by Gasteiger charge is 2.17. The molecule has 0 amide bonds. The van der Waals surface area contributed by atoms with E-state index in [0.29, 0.717) is 29.4 Å². The van der Waals surface area contributed by atoms with Crippen LogP contribution in [0.3, 0.4) is 0 Å². The van der Waals surface area contributed by atoms with Gasteiger partial charge in [0, 0.05) is 38.8 Å². The molecule has 134 valence electrons. The monoisotopic (exact) mass is 352 g/mol. The Morgan fingerprint density at radius 1 is 1.35 bits per heavy atom. The van der Waals surface area contributed by atoms with Crippen LogP contribution >= 0.6 is 0 Å². The molecule has 0 radical (unpaired) electrons. The van der Waals surface area contributed by atoms with Crippen LogP contribution in [0.2, 0.25) is 0 Å². The minimum Gasteiger partial charge on any atom is -0.376 e. The summed E-state index contributed by atoms with van der Waals surface area (Å²) in [5.74, 6) is 1.74. The van der Waals surface area contributed by atoms with Gasteiger partial charge in [-0.15, -0.1) is 0 Å². The molecule has 3 aromatic heterocycles. The van der Waals surface area contributed by atoms with E-state index >= 15 is 0 Å². The van der Waals surface area contributed by atoms with Crippen LogP contribution in [0.1, 0.15) is 12.8 Å². The zero-order chi connectivity index (χ0) is 17.9. The predicted octanol–water partition coefficient (Wildman–Crippen LogP) is 2.06. The van der Waals surface area contributed by atoms with Gasteiger partial charge in [-0.2, -0.15) is 0 Å². The summed E-state index contributed by atoms with van der Waals surface area (Å²) in [5.41, 5.74) is -0.0871. The molecule has 8 heteroatoms. The van der Waals surface area contributed by atoms with Crippen molar-refractivity contribution in [2.75, 3.05) is 23.8 Å². The SMILES string of the molecule is Cn1ccc2cc(Nc3cnccn3)nc(NCC3CCCO3)c2c1=O. The van der Waals surface area contributed by atoms with Crippen molar-refractivity contribution >= 4 is 28.2 Å². The molecule has 4 rings (SSSR count). The Morgan fingerprint density at radius 2 is 2.27 bits per heavy atom. The topological polar surface area (TPSA) is 94.0 Å². The number of rotatable bonds is 5. The Hall–Kier alpha value is -3.00. The van der Waals surface area contributed by atoms with Gasteiger partial charge in [0.05, 0.1) is 17.7 Å². The van der Waals surface area contributed by atoms with Crippen molar-refractivity contribution in [3.05, 3.63) is 47.3 Å². The number of aromatic nitrogens is 4. The maximum atomic E-state index is 12.6. The Bertz CT molecular complexity index is 967. The maximum Gasteiger partial charge on any atom is 0.261 e. The fraction of sp³-hybridized carbons (Fsp3) is 0.333. The Labute approximate surface area is 150 Å². The third kappa shape index (κ3) is 3.36. The summed E-state index contributed by atoms with van der Waals surface area (Å²) in [6, 6.07) is 3.74. The number of hydrogen-bond donors (Lipinski definition) is 2. The smallest absolute Gasteiger partial charge is 0.261 e. The van der Waals surface area contributed by atoms with E-state index in [-0.39, 0.29) is 11.7 Å². The minimum absolute atomic E-state index is 0.0871. The van der Waals surface area contributed by atoms with Gasteiger partial charge in [0.15, 0.2) is 0 Å². The first-order chi connectivity index (χ1) is 12.7. The third-order valence-corrected chi connectivity index (χ3v) is 4.40. The molecule has 0 bridgehead atoms. The van der Waals surface area contributed by atoms with Crippen LogP contribution in [0, 0.1) is 0 Å². The number of pyridine rings is 2. The summed E-state index contributed by atoms with van der Waals surface area (Å²) >= 11 is 0. The number of fused-ring (bicyclic) bond motifs is 1. The Balaban J connectivity index is 1.72. The molecule has 0 spiro atoms. The quantitative estimate of drug-likeness (QED) is 0.726. The average Bonchev–Trinajstić information content (AvgIpc) is 3.17. The first-order valence-corrected chi connectivity index (χ1v) is 8.59. The van der Waals surface area contributed by atoms with E-state index in [4.69, 9.17) is 4.74 Å². The molecule has 26 heavy (non-hydrogen) atoms. The molecule has 2 N–H and O–H groups in total. The number of hydrogen-bond acceptors (Lipinski definition) is 7. The molecule has 3 aromatic rings. The number of nitrogens with zero attached hydrogens (tertiary/aromatic N) is 4. The van der Waals surface area contributed by atoms with Crippen LogP contribution < -0.4 is 16.2 Å². The van der Waals surface area contributed by atoms with Crippen molar-refractivity contribution in [3.63, 3.8) is 0 Å². The number of aryl methyl sites for hydroxylation is 1. The maximum absolute atomic E-state index is 12.6. The first-order valence-electron chi connectivity index (χ1n) is 8.59. The molecule has 0 saturated carbocycles. The number of anilines is 3. The van der Waals surface area contributed by atoms with E-state index < -0.39 is 0 Å². The van der Waals surface area contributed by atoms with E-state index in [1.807, 2.05) is 12.1 Å². The zero-order valence-electron chi connectivity index (χ0n) is 14.5. The lowest BCUT2D eigenvalue weighted by Gasteiger charge is -2.15. The molecular weight excluding hydrogens is 332 g/mol. The van der Waals surface area contributed by atoms with Crippen molar-refractivity contribution < 1.29 is 4.74 Å². The summed E-state index contributed by atoms with van der Waals surface area (Å²) in [7, 11) is 1.73. The van der Waals surface area contributed by atoms with Gasteiger partial charge in [-0.05, 0) is 30.4 Å². The fourth-order valence-corrected chi connectivity index (χ4v) is 3.06. The predicted molar refractivity (Wildman–Crippen MR) is 99.8 cm³/mol. The third-order valence-electron chi connectivity index (χ3n) is 4.40. The lowest BCUT2D eigenvalue weighted by atomic mass is 10.2. The van der Waals surface area contributed by atoms with Crippen LogP contribution in [0.25, 0.3) is 10.8 Å². The summed E-state index contributed by atoms with van der Waals surface area (Å²) < 4.78 is 7.21. The van der Waals surface area contributed by atoms with Crippen LogP contribution in [0.5, 0.6) is 0 Å². The molecule has 1 fully saturated rings. The molecule has 4 heterocycles. The fourth-order valence-electron chi connectivity index (χ4n) is 3.06. The summed E-state index contributed by atoms with van der Waals surface area (Å²) in [6.07, 6.45) is 8.82. The summed E-state index contributed by atoms with van der Waals surface area (Å²) in [4.78, 5) is 25.5. The second-order valence-corrected chi connectivity index (χ2v) is 6.28. The molecule has 0 aliphatic carbocycles. The summed E-state index contributed by atoms with van der Waals surface area (Å²) in [5, 5.41) is 7.81. The minimum atomic E-state index is -0.0871. The van der Waals surface area contributed by atoms with Crippen molar-refractivity contribution in [1.82, 2.24) is 19.5 Å². The molecule has 1 aliphatic heterocycles. The van der Waals surface area contributed by atoms with Crippen molar-refractivity contribution in [2.24, 2.45) is 7.05 Å². The van der Waals surface area contributed by atoms with Gasteiger partial charge in [0.2, 0.25) is 0 Å². The molecule has 1 atom stereocenters. The van der Waals surface area contributed by atoms with Gasteiger partial charge in [-0.3, -0.25) is 9.78 Å². The highest BCUT2D eigenvalue weighted by Crippen LogP contribution is 2.24. The summed E-state index contributed by atoms with van der Waals surface area (Å²) in [6.45, 7) is 1.41.